The lowest BCUT2D eigenvalue weighted by Crippen LogP contribution is -2.62. The maximum absolute atomic E-state index is 12.8. The summed E-state index contributed by atoms with van der Waals surface area (Å²) in [4.78, 5) is 34.6. The van der Waals surface area contributed by atoms with E-state index in [-0.39, 0.29) is 46.3 Å². The quantitative estimate of drug-likeness (QED) is 0.0651. The first-order chi connectivity index (χ1) is 24.0. The van der Waals surface area contributed by atoms with Crippen LogP contribution < -0.4 is 0 Å². The van der Waals surface area contributed by atoms with Crippen LogP contribution in [0.4, 0.5) is 0 Å². The molecule has 0 bridgehead atoms. The highest BCUT2D eigenvalue weighted by Crippen LogP contribution is 2.41. The normalized spacial score (nSPS) is 20.7. The summed E-state index contributed by atoms with van der Waals surface area (Å²) in [5.41, 5.74) is -0.345. The van der Waals surface area contributed by atoms with Gasteiger partial charge in [-0.3, -0.25) is 19.3 Å². The average molecular weight is 721 g/mol. The topological polar surface area (TPSA) is 68.3 Å². The first-order valence-corrected chi connectivity index (χ1v) is 21.6. The molecule has 2 fully saturated rings. The van der Waals surface area contributed by atoms with Crippen LogP contribution in [0.1, 0.15) is 223 Å². The standard InChI is InChI=1S/C44H84N2O5/c1-11-13-15-17-23-27-31-45-41(3,4)33-37(34-42(45,5)6)50-39(47)29-25-21-19-20-22-26-30-40(48)51-38-35-43(7,8)46(44(9,10)36-38)49-32-28-24-18-16-14-12-2/h37-38H,11-36H2,1-10H3. The van der Waals surface area contributed by atoms with Crippen molar-refractivity contribution in [3.8, 4) is 0 Å². The van der Waals surface area contributed by atoms with Gasteiger partial charge in [-0.2, -0.15) is 5.06 Å². The number of hydrogen-bond acceptors (Lipinski definition) is 7. The molecule has 7 nitrogen and oxygen atoms in total. The molecule has 0 aromatic heterocycles. The van der Waals surface area contributed by atoms with E-state index in [2.05, 4.69) is 79.2 Å². The van der Waals surface area contributed by atoms with Gasteiger partial charge in [-0.1, -0.05) is 104 Å². The Balaban J connectivity index is 1.58. The van der Waals surface area contributed by atoms with Crippen LogP contribution in [-0.2, 0) is 23.9 Å². The number of carbonyl (C=O) groups is 2. The first kappa shape index (κ1) is 46.0. The molecule has 2 aliphatic heterocycles. The summed E-state index contributed by atoms with van der Waals surface area (Å²) in [6.45, 7) is 24.5. The average Bonchev–Trinajstić information content (AvgIpc) is 3.00. The zero-order valence-corrected chi connectivity index (χ0v) is 35.5. The third kappa shape index (κ3) is 17.2. The summed E-state index contributed by atoms with van der Waals surface area (Å²) in [6, 6.07) is 0. The molecular formula is C44H84N2O5. The minimum absolute atomic E-state index is 0.00371. The van der Waals surface area contributed by atoms with Crippen molar-refractivity contribution >= 4 is 11.9 Å². The number of unbranched alkanes of at least 4 members (excludes halogenated alkanes) is 15. The van der Waals surface area contributed by atoms with Gasteiger partial charge in [0.05, 0.1) is 6.61 Å². The molecule has 0 aromatic carbocycles. The molecule has 0 N–H and O–H groups in total. The minimum Gasteiger partial charge on any atom is -0.462 e. The molecule has 2 rings (SSSR count). The number of hydroxylamine groups is 2. The Kier molecular flexibility index (Phi) is 20.6. The van der Waals surface area contributed by atoms with E-state index in [0.717, 1.165) is 83.8 Å². The highest BCUT2D eigenvalue weighted by molar-refractivity contribution is 5.69. The molecule has 2 heterocycles. The molecule has 2 saturated heterocycles. The zero-order chi connectivity index (χ0) is 38.0. The van der Waals surface area contributed by atoms with Crippen LogP contribution in [0, 0.1) is 0 Å². The van der Waals surface area contributed by atoms with Crippen molar-refractivity contribution in [3.63, 3.8) is 0 Å². The Hall–Kier alpha value is -1.18. The monoisotopic (exact) mass is 721 g/mol. The van der Waals surface area contributed by atoms with E-state index in [4.69, 9.17) is 14.3 Å². The number of carbonyl (C=O) groups excluding carboxylic acids is 2. The molecule has 0 saturated carbocycles. The maximum Gasteiger partial charge on any atom is 0.306 e. The number of piperidine rings is 2. The van der Waals surface area contributed by atoms with Crippen molar-refractivity contribution < 1.29 is 23.9 Å². The predicted molar refractivity (Wildman–Crippen MR) is 213 cm³/mol. The summed E-state index contributed by atoms with van der Waals surface area (Å²) in [6.07, 6.45) is 25.6. The van der Waals surface area contributed by atoms with E-state index in [1.807, 2.05) is 0 Å². The molecule has 0 unspecified atom stereocenters. The van der Waals surface area contributed by atoms with Gasteiger partial charge in [0.1, 0.15) is 12.2 Å². The molecule has 0 aliphatic carbocycles. The van der Waals surface area contributed by atoms with E-state index >= 15 is 0 Å². The number of nitrogens with zero attached hydrogens (tertiary/aromatic N) is 2. The van der Waals surface area contributed by atoms with Crippen molar-refractivity contribution in [2.45, 2.75) is 258 Å². The summed E-state index contributed by atoms with van der Waals surface area (Å²) >= 11 is 0. The van der Waals surface area contributed by atoms with Gasteiger partial charge in [0, 0.05) is 60.7 Å². The zero-order valence-electron chi connectivity index (χ0n) is 35.5. The summed E-state index contributed by atoms with van der Waals surface area (Å²) in [5.74, 6) is -0.115. The summed E-state index contributed by atoms with van der Waals surface area (Å²) in [7, 11) is 0. The van der Waals surface area contributed by atoms with Crippen LogP contribution in [0.3, 0.4) is 0 Å². The molecule has 0 amide bonds. The van der Waals surface area contributed by atoms with Crippen molar-refractivity contribution in [1.29, 1.82) is 0 Å². The Morgan fingerprint density at radius 1 is 0.490 bits per heavy atom. The van der Waals surface area contributed by atoms with Crippen molar-refractivity contribution in [2.75, 3.05) is 13.2 Å². The van der Waals surface area contributed by atoms with Crippen LogP contribution in [0.25, 0.3) is 0 Å². The van der Waals surface area contributed by atoms with E-state index in [1.165, 1.54) is 70.6 Å². The predicted octanol–water partition coefficient (Wildman–Crippen LogP) is 11.9. The van der Waals surface area contributed by atoms with Gasteiger partial charge < -0.3 is 9.47 Å². The molecule has 2 aliphatic rings. The lowest BCUT2D eigenvalue weighted by atomic mass is 9.78. The fourth-order valence-electron chi connectivity index (χ4n) is 9.34. The van der Waals surface area contributed by atoms with E-state index in [1.54, 1.807) is 0 Å². The molecule has 0 atom stereocenters. The van der Waals surface area contributed by atoms with Crippen molar-refractivity contribution in [3.05, 3.63) is 0 Å². The molecule has 0 aromatic rings. The molecule has 300 valence electrons. The minimum atomic E-state index is -0.195. The molecule has 51 heavy (non-hydrogen) atoms. The second-order valence-electron chi connectivity index (χ2n) is 18.7. The fraction of sp³-hybridized carbons (Fsp3) is 0.955. The fourth-order valence-corrected chi connectivity index (χ4v) is 9.34. The molecule has 7 heteroatoms. The number of rotatable bonds is 26. The SMILES string of the molecule is CCCCCCCCON1C(C)(C)CC(OC(=O)CCCCCCCCC(=O)OC2CC(C)(C)N(CCCCCCCC)C(C)(C)C2)CC1(C)C. The Labute approximate surface area is 316 Å². The third-order valence-electron chi connectivity index (χ3n) is 11.5. The second kappa shape index (κ2) is 22.9. The van der Waals surface area contributed by atoms with Gasteiger partial charge in [-0.15, -0.1) is 0 Å². The van der Waals surface area contributed by atoms with Gasteiger partial charge in [0.25, 0.3) is 0 Å². The first-order valence-electron chi connectivity index (χ1n) is 21.6. The van der Waals surface area contributed by atoms with Crippen LogP contribution in [0.2, 0.25) is 0 Å². The van der Waals surface area contributed by atoms with Crippen LogP contribution >= 0.6 is 0 Å². The lowest BCUT2D eigenvalue weighted by Gasteiger charge is -2.55. The van der Waals surface area contributed by atoms with Gasteiger partial charge in [0.15, 0.2) is 0 Å². The second-order valence-corrected chi connectivity index (χ2v) is 18.7. The van der Waals surface area contributed by atoms with Gasteiger partial charge in [-0.25, -0.2) is 0 Å². The summed E-state index contributed by atoms with van der Waals surface area (Å²) in [5, 5.41) is 2.18. The third-order valence-corrected chi connectivity index (χ3v) is 11.5. The Bertz CT molecular complexity index is 941. The number of esters is 2. The number of ether oxygens (including phenoxy) is 2. The summed E-state index contributed by atoms with van der Waals surface area (Å²) < 4.78 is 12.1. The Morgan fingerprint density at radius 2 is 0.843 bits per heavy atom. The largest absolute Gasteiger partial charge is 0.462 e. The van der Waals surface area contributed by atoms with Crippen LogP contribution in [-0.4, -0.2) is 69.4 Å². The molecular weight excluding hydrogens is 636 g/mol. The van der Waals surface area contributed by atoms with Crippen molar-refractivity contribution in [1.82, 2.24) is 9.96 Å². The Morgan fingerprint density at radius 3 is 1.27 bits per heavy atom. The smallest absolute Gasteiger partial charge is 0.306 e. The molecule has 0 radical (unpaired) electrons. The van der Waals surface area contributed by atoms with Gasteiger partial charge in [-0.05, 0) is 87.6 Å². The van der Waals surface area contributed by atoms with Crippen LogP contribution in [0.15, 0.2) is 0 Å². The number of likely N-dealkylation sites (tertiary alicyclic amines) is 1. The van der Waals surface area contributed by atoms with Crippen LogP contribution in [0.5, 0.6) is 0 Å². The molecule has 0 spiro atoms. The van der Waals surface area contributed by atoms with Gasteiger partial charge in [0.2, 0.25) is 0 Å². The maximum atomic E-state index is 12.8. The highest BCUT2D eigenvalue weighted by atomic mass is 16.7. The van der Waals surface area contributed by atoms with E-state index < -0.39 is 0 Å². The van der Waals surface area contributed by atoms with Gasteiger partial charge >= 0.3 is 11.9 Å². The van der Waals surface area contributed by atoms with E-state index in [0.29, 0.717) is 12.8 Å². The number of hydrogen-bond donors (Lipinski definition) is 0. The highest BCUT2D eigenvalue weighted by Gasteiger charge is 2.48. The lowest BCUT2D eigenvalue weighted by molar-refractivity contribution is -0.293. The van der Waals surface area contributed by atoms with E-state index in [9.17, 15) is 9.59 Å². The van der Waals surface area contributed by atoms with Crippen molar-refractivity contribution in [2.24, 2.45) is 0 Å².